The van der Waals surface area contributed by atoms with Crippen LogP contribution in [0.2, 0.25) is 5.02 Å². The van der Waals surface area contributed by atoms with Gasteiger partial charge in [0.2, 0.25) is 0 Å². The van der Waals surface area contributed by atoms with Gasteiger partial charge >= 0.3 is 0 Å². The van der Waals surface area contributed by atoms with Crippen molar-refractivity contribution in [3.63, 3.8) is 0 Å². The highest BCUT2D eigenvalue weighted by Crippen LogP contribution is 2.27. The first-order valence-electron chi connectivity index (χ1n) is 9.32. The van der Waals surface area contributed by atoms with Crippen molar-refractivity contribution in [3.05, 3.63) is 40.8 Å². The number of halogens is 1. The van der Waals surface area contributed by atoms with Crippen LogP contribution < -0.4 is 15.4 Å². The van der Waals surface area contributed by atoms with Crippen LogP contribution in [0.25, 0.3) is 0 Å². The molecular weight excluding hydrogens is 364 g/mol. The SMILES string of the molecule is COc1ccc(NC(=O)c2cc(NC3CCCCCC3)nc(C)n2)cc1Cl. The summed E-state index contributed by atoms with van der Waals surface area (Å²) < 4.78 is 5.13. The number of benzene rings is 1. The lowest BCUT2D eigenvalue weighted by Crippen LogP contribution is -2.21. The zero-order chi connectivity index (χ0) is 19.2. The van der Waals surface area contributed by atoms with E-state index in [0.29, 0.717) is 39.8 Å². The molecule has 0 saturated heterocycles. The summed E-state index contributed by atoms with van der Waals surface area (Å²) in [5.74, 6) is 1.52. The van der Waals surface area contributed by atoms with E-state index in [1.54, 1.807) is 38.3 Å². The van der Waals surface area contributed by atoms with Gasteiger partial charge in [-0.3, -0.25) is 4.79 Å². The number of rotatable bonds is 5. The zero-order valence-electron chi connectivity index (χ0n) is 15.7. The van der Waals surface area contributed by atoms with Gasteiger partial charge in [-0.05, 0) is 38.0 Å². The van der Waals surface area contributed by atoms with Gasteiger partial charge in [0, 0.05) is 17.8 Å². The van der Waals surface area contributed by atoms with Gasteiger partial charge < -0.3 is 15.4 Å². The van der Waals surface area contributed by atoms with Crippen molar-refractivity contribution >= 4 is 29.0 Å². The van der Waals surface area contributed by atoms with Crippen LogP contribution in [0.1, 0.15) is 54.8 Å². The Kier molecular flexibility index (Phi) is 6.50. The van der Waals surface area contributed by atoms with E-state index < -0.39 is 0 Å². The molecule has 2 aromatic rings. The highest BCUT2D eigenvalue weighted by molar-refractivity contribution is 6.32. The second-order valence-corrected chi connectivity index (χ2v) is 7.23. The lowest BCUT2D eigenvalue weighted by molar-refractivity contribution is 0.102. The molecule has 0 unspecified atom stereocenters. The number of nitrogens with one attached hydrogen (secondary N) is 2. The third kappa shape index (κ3) is 5.32. The van der Waals surface area contributed by atoms with E-state index in [-0.39, 0.29) is 5.91 Å². The van der Waals surface area contributed by atoms with Crippen LogP contribution in [0.15, 0.2) is 24.3 Å². The third-order valence-electron chi connectivity index (χ3n) is 4.69. The van der Waals surface area contributed by atoms with E-state index in [0.717, 1.165) is 12.8 Å². The highest BCUT2D eigenvalue weighted by atomic mass is 35.5. The van der Waals surface area contributed by atoms with Crippen molar-refractivity contribution in [3.8, 4) is 5.75 Å². The number of nitrogens with zero attached hydrogens (tertiary/aromatic N) is 2. The fourth-order valence-electron chi connectivity index (χ4n) is 3.33. The lowest BCUT2D eigenvalue weighted by Gasteiger charge is -2.17. The van der Waals surface area contributed by atoms with Gasteiger partial charge in [0.1, 0.15) is 23.1 Å². The minimum Gasteiger partial charge on any atom is -0.495 e. The maximum absolute atomic E-state index is 12.6. The number of carbonyl (C=O) groups is 1. The third-order valence-corrected chi connectivity index (χ3v) is 4.98. The summed E-state index contributed by atoms with van der Waals surface area (Å²) in [7, 11) is 1.55. The Morgan fingerprint density at radius 1 is 1.15 bits per heavy atom. The molecule has 7 heteroatoms. The molecule has 1 aliphatic rings. The highest BCUT2D eigenvalue weighted by Gasteiger charge is 2.16. The summed E-state index contributed by atoms with van der Waals surface area (Å²) in [4.78, 5) is 21.3. The van der Waals surface area contributed by atoms with Crippen molar-refractivity contribution < 1.29 is 9.53 Å². The first-order chi connectivity index (χ1) is 13.0. The van der Waals surface area contributed by atoms with E-state index in [1.165, 1.54) is 25.7 Å². The molecule has 1 aromatic carbocycles. The monoisotopic (exact) mass is 388 g/mol. The Balaban J connectivity index is 1.72. The van der Waals surface area contributed by atoms with Gasteiger partial charge in [0.05, 0.1) is 12.1 Å². The van der Waals surface area contributed by atoms with Crippen molar-refractivity contribution in [2.45, 2.75) is 51.5 Å². The molecule has 1 saturated carbocycles. The van der Waals surface area contributed by atoms with Gasteiger partial charge in [-0.15, -0.1) is 0 Å². The van der Waals surface area contributed by atoms with Crippen molar-refractivity contribution in [1.29, 1.82) is 0 Å². The van der Waals surface area contributed by atoms with E-state index in [9.17, 15) is 4.79 Å². The molecule has 6 nitrogen and oxygen atoms in total. The second-order valence-electron chi connectivity index (χ2n) is 6.82. The molecular formula is C20H25ClN4O2. The molecule has 1 fully saturated rings. The molecule has 0 radical (unpaired) electrons. The number of methoxy groups -OCH3 is 1. The molecule has 0 spiro atoms. The Morgan fingerprint density at radius 2 is 1.89 bits per heavy atom. The van der Waals surface area contributed by atoms with Gasteiger partial charge in [-0.2, -0.15) is 0 Å². The summed E-state index contributed by atoms with van der Waals surface area (Å²) >= 11 is 6.12. The number of aryl methyl sites for hydroxylation is 1. The van der Waals surface area contributed by atoms with Crippen LogP contribution >= 0.6 is 11.6 Å². The smallest absolute Gasteiger partial charge is 0.274 e. The predicted octanol–water partition coefficient (Wildman–Crippen LogP) is 4.83. The molecule has 2 N–H and O–H groups in total. The molecule has 1 aliphatic carbocycles. The minimum atomic E-state index is -0.300. The topological polar surface area (TPSA) is 76.1 Å². The molecule has 3 rings (SSSR count). The number of amides is 1. The van der Waals surface area contributed by atoms with Gasteiger partial charge in [0.25, 0.3) is 5.91 Å². The Bertz CT molecular complexity index is 805. The van der Waals surface area contributed by atoms with E-state index >= 15 is 0 Å². The fourth-order valence-corrected chi connectivity index (χ4v) is 3.59. The fraction of sp³-hybridized carbons (Fsp3) is 0.450. The van der Waals surface area contributed by atoms with Crippen LogP contribution in [0.5, 0.6) is 5.75 Å². The lowest BCUT2D eigenvalue weighted by atomic mass is 10.1. The molecule has 1 aromatic heterocycles. The second kappa shape index (κ2) is 9.04. The molecule has 1 amide bonds. The average molecular weight is 389 g/mol. The Hall–Kier alpha value is -2.34. The van der Waals surface area contributed by atoms with Crippen LogP contribution in [0, 0.1) is 6.92 Å². The first kappa shape index (κ1) is 19.4. The molecule has 0 atom stereocenters. The standard InChI is InChI=1S/C20H25ClN4O2/c1-13-22-17(12-19(23-13)24-14-7-5-3-4-6-8-14)20(26)25-15-9-10-18(27-2)16(21)11-15/h9-12,14H,3-8H2,1-2H3,(H,25,26)(H,22,23,24). The number of aromatic nitrogens is 2. The van der Waals surface area contributed by atoms with Crippen LogP contribution in [-0.4, -0.2) is 29.0 Å². The van der Waals surface area contributed by atoms with E-state index in [2.05, 4.69) is 20.6 Å². The van der Waals surface area contributed by atoms with Crippen molar-refractivity contribution in [2.75, 3.05) is 17.7 Å². The molecule has 0 aliphatic heterocycles. The minimum absolute atomic E-state index is 0.300. The number of anilines is 2. The molecule has 27 heavy (non-hydrogen) atoms. The summed E-state index contributed by atoms with van der Waals surface area (Å²) in [6, 6.07) is 7.21. The normalized spacial score (nSPS) is 15.1. The summed E-state index contributed by atoms with van der Waals surface area (Å²) in [5, 5.41) is 6.73. The summed E-state index contributed by atoms with van der Waals surface area (Å²) in [6.07, 6.45) is 7.31. The zero-order valence-corrected chi connectivity index (χ0v) is 16.5. The number of hydrogen-bond donors (Lipinski definition) is 2. The predicted molar refractivity (Wildman–Crippen MR) is 108 cm³/mol. The number of carbonyl (C=O) groups excluding carboxylic acids is 1. The van der Waals surface area contributed by atoms with Crippen molar-refractivity contribution in [2.24, 2.45) is 0 Å². The maximum Gasteiger partial charge on any atom is 0.274 e. The molecule has 1 heterocycles. The number of hydrogen-bond acceptors (Lipinski definition) is 5. The molecule has 0 bridgehead atoms. The largest absolute Gasteiger partial charge is 0.495 e. The van der Waals surface area contributed by atoms with Gasteiger partial charge in [-0.1, -0.05) is 37.3 Å². The quantitative estimate of drug-likeness (QED) is 0.717. The van der Waals surface area contributed by atoms with E-state index in [1.807, 2.05) is 0 Å². The Morgan fingerprint density at radius 3 is 2.56 bits per heavy atom. The summed E-state index contributed by atoms with van der Waals surface area (Å²) in [6.45, 7) is 1.79. The summed E-state index contributed by atoms with van der Waals surface area (Å²) in [5.41, 5.74) is 0.908. The van der Waals surface area contributed by atoms with Crippen LogP contribution in [0.3, 0.4) is 0 Å². The molecule has 144 valence electrons. The Labute approximate surface area is 164 Å². The first-order valence-corrected chi connectivity index (χ1v) is 9.70. The average Bonchev–Trinajstić information content (AvgIpc) is 2.90. The van der Waals surface area contributed by atoms with E-state index in [4.69, 9.17) is 16.3 Å². The van der Waals surface area contributed by atoms with Gasteiger partial charge in [-0.25, -0.2) is 9.97 Å². The van der Waals surface area contributed by atoms with Crippen LogP contribution in [-0.2, 0) is 0 Å². The number of ether oxygens (including phenoxy) is 1. The van der Waals surface area contributed by atoms with Crippen LogP contribution in [0.4, 0.5) is 11.5 Å². The van der Waals surface area contributed by atoms with Gasteiger partial charge in [0.15, 0.2) is 0 Å². The van der Waals surface area contributed by atoms with Crippen molar-refractivity contribution in [1.82, 2.24) is 9.97 Å². The maximum atomic E-state index is 12.6.